The average molecular weight is 329 g/mol. The fraction of sp³-hybridized carbons (Fsp3) is 0.294. The van der Waals surface area contributed by atoms with Crippen LogP contribution in [0.5, 0.6) is 17.4 Å². The molecule has 2 amide bonds. The predicted molar refractivity (Wildman–Crippen MR) is 88.5 cm³/mol. The first kappa shape index (κ1) is 15.9. The average Bonchev–Trinajstić information content (AvgIpc) is 3.08. The lowest BCUT2D eigenvalue weighted by atomic mass is 10.2. The zero-order valence-electron chi connectivity index (χ0n) is 13.6. The fourth-order valence-corrected chi connectivity index (χ4v) is 2.36. The molecule has 0 saturated heterocycles. The standard InChI is InChI=1S/C17H19N3O4/c1-3-20(10-12-4-6-14-15(8-12)24-11-23-14)17(21)19-13-5-7-16(22-2)18-9-13/h4-9H,3,10-11H2,1-2H3,(H,19,21). The number of fused-ring (bicyclic) bond motifs is 1. The molecule has 2 heterocycles. The number of pyridine rings is 1. The second-order valence-corrected chi connectivity index (χ2v) is 5.22. The SMILES string of the molecule is CCN(Cc1ccc2c(c1)OCO2)C(=O)Nc1ccc(OC)nc1. The summed E-state index contributed by atoms with van der Waals surface area (Å²) >= 11 is 0. The summed E-state index contributed by atoms with van der Waals surface area (Å²) in [5.74, 6) is 1.94. The summed E-state index contributed by atoms with van der Waals surface area (Å²) in [4.78, 5) is 18.2. The molecule has 7 nitrogen and oxygen atoms in total. The van der Waals surface area contributed by atoms with E-state index in [4.69, 9.17) is 14.2 Å². The van der Waals surface area contributed by atoms with Crippen molar-refractivity contribution in [3.8, 4) is 17.4 Å². The summed E-state index contributed by atoms with van der Waals surface area (Å²) < 4.78 is 15.7. The van der Waals surface area contributed by atoms with E-state index in [1.807, 2.05) is 25.1 Å². The van der Waals surface area contributed by atoms with Crippen LogP contribution in [-0.2, 0) is 6.54 Å². The van der Waals surface area contributed by atoms with Crippen molar-refractivity contribution >= 4 is 11.7 Å². The second kappa shape index (κ2) is 7.08. The van der Waals surface area contributed by atoms with Crippen molar-refractivity contribution in [1.82, 2.24) is 9.88 Å². The van der Waals surface area contributed by atoms with Crippen LogP contribution in [0.2, 0.25) is 0 Å². The third-order valence-electron chi connectivity index (χ3n) is 3.68. The minimum absolute atomic E-state index is 0.192. The Bertz CT molecular complexity index is 718. The van der Waals surface area contributed by atoms with Gasteiger partial charge in [0, 0.05) is 19.2 Å². The lowest BCUT2D eigenvalue weighted by molar-refractivity contribution is 0.174. The summed E-state index contributed by atoms with van der Waals surface area (Å²) in [5.41, 5.74) is 1.59. The van der Waals surface area contributed by atoms with Crippen molar-refractivity contribution in [2.75, 3.05) is 25.8 Å². The lowest BCUT2D eigenvalue weighted by Crippen LogP contribution is -2.34. The topological polar surface area (TPSA) is 72.9 Å². The number of nitrogens with one attached hydrogen (secondary N) is 1. The Morgan fingerprint density at radius 2 is 2.12 bits per heavy atom. The highest BCUT2D eigenvalue weighted by Crippen LogP contribution is 2.32. The Kier molecular flexibility index (Phi) is 4.69. The molecular formula is C17H19N3O4. The first-order valence-electron chi connectivity index (χ1n) is 7.64. The van der Waals surface area contributed by atoms with E-state index in [9.17, 15) is 4.79 Å². The number of nitrogens with zero attached hydrogens (tertiary/aromatic N) is 2. The first-order chi connectivity index (χ1) is 11.7. The highest BCUT2D eigenvalue weighted by Gasteiger charge is 2.16. The molecule has 0 spiro atoms. The number of amides is 2. The van der Waals surface area contributed by atoms with E-state index in [1.54, 1.807) is 30.3 Å². The van der Waals surface area contributed by atoms with Crippen LogP contribution < -0.4 is 19.5 Å². The summed E-state index contributed by atoms with van der Waals surface area (Å²) in [6, 6.07) is 8.94. The number of benzene rings is 1. The second-order valence-electron chi connectivity index (χ2n) is 5.22. The van der Waals surface area contributed by atoms with E-state index < -0.39 is 0 Å². The van der Waals surface area contributed by atoms with Crippen LogP contribution in [0.4, 0.5) is 10.5 Å². The Hall–Kier alpha value is -2.96. The van der Waals surface area contributed by atoms with Crippen LogP contribution in [0.15, 0.2) is 36.5 Å². The van der Waals surface area contributed by atoms with Crippen molar-refractivity contribution in [3.05, 3.63) is 42.1 Å². The van der Waals surface area contributed by atoms with E-state index in [0.29, 0.717) is 30.4 Å². The first-order valence-corrected chi connectivity index (χ1v) is 7.64. The van der Waals surface area contributed by atoms with Gasteiger partial charge in [-0.25, -0.2) is 9.78 Å². The van der Waals surface area contributed by atoms with Crippen LogP contribution in [0.1, 0.15) is 12.5 Å². The maximum absolute atomic E-state index is 12.4. The van der Waals surface area contributed by atoms with Gasteiger partial charge in [0.25, 0.3) is 0 Å². The summed E-state index contributed by atoms with van der Waals surface area (Å²) in [7, 11) is 1.55. The molecule has 3 rings (SSSR count). The highest BCUT2D eigenvalue weighted by molar-refractivity contribution is 5.89. The third kappa shape index (κ3) is 3.51. The van der Waals surface area contributed by atoms with Gasteiger partial charge in [0.1, 0.15) is 0 Å². The van der Waals surface area contributed by atoms with Gasteiger partial charge in [0.05, 0.1) is 19.0 Å². The minimum Gasteiger partial charge on any atom is -0.481 e. The molecule has 1 aliphatic heterocycles. The molecule has 0 saturated carbocycles. The Balaban J connectivity index is 1.65. The van der Waals surface area contributed by atoms with Crippen LogP contribution >= 0.6 is 0 Å². The van der Waals surface area contributed by atoms with E-state index in [-0.39, 0.29) is 12.8 Å². The van der Waals surface area contributed by atoms with Crippen LogP contribution in [0.25, 0.3) is 0 Å². The molecule has 24 heavy (non-hydrogen) atoms. The molecular weight excluding hydrogens is 310 g/mol. The van der Waals surface area contributed by atoms with E-state index in [2.05, 4.69) is 10.3 Å². The minimum atomic E-state index is -0.192. The van der Waals surface area contributed by atoms with Crippen molar-refractivity contribution < 1.29 is 19.0 Å². The van der Waals surface area contributed by atoms with Crippen molar-refractivity contribution in [1.29, 1.82) is 0 Å². The zero-order valence-corrected chi connectivity index (χ0v) is 13.6. The molecule has 0 radical (unpaired) electrons. The number of rotatable bonds is 5. The summed E-state index contributed by atoms with van der Waals surface area (Å²) in [6.45, 7) is 3.21. The maximum Gasteiger partial charge on any atom is 0.322 e. The fourth-order valence-electron chi connectivity index (χ4n) is 2.36. The molecule has 0 unspecified atom stereocenters. The summed E-state index contributed by atoms with van der Waals surface area (Å²) in [5, 5.41) is 2.83. The number of hydrogen-bond acceptors (Lipinski definition) is 5. The molecule has 1 aromatic carbocycles. The van der Waals surface area contributed by atoms with Crippen molar-refractivity contribution in [2.45, 2.75) is 13.5 Å². The van der Waals surface area contributed by atoms with Gasteiger partial charge in [-0.05, 0) is 30.7 Å². The lowest BCUT2D eigenvalue weighted by Gasteiger charge is -2.21. The third-order valence-corrected chi connectivity index (χ3v) is 3.68. The molecule has 1 aromatic heterocycles. The van der Waals surface area contributed by atoms with E-state index in [1.165, 1.54) is 0 Å². The molecule has 0 fully saturated rings. The Labute approximate surface area is 140 Å². The molecule has 0 atom stereocenters. The molecule has 1 aliphatic rings. The summed E-state index contributed by atoms with van der Waals surface area (Å²) in [6.07, 6.45) is 1.56. The molecule has 2 aromatic rings. The number of aromatic nitrogens is 1. The van der Waals surface area contributed by atoms with Gasteiger partial charge in [-0.3, -0.25) is 0 Å². The molecule has 0 aliphatic carbocycles. The number of methoxy groups -OCH3 is 1. The van der Waals surface area contributed by atoms with Gasteiger partial charge in [-0.1, -0.05) is 6.07 Å². The Morgan fingerprint density at radius 3 is 2.83 bits per heavy atom. The number of anilines is 1. The quantitative estimate of drug-likeness (QED) is 0.913. The predicted octanol–water partition coefficient (Wildman–Crippen LogP) is 2.87. The van der Waals surface area contributed by atoms with Gasteiger partial charge in [-0.2, -0.15) is 0 Å². The molecule has 126 valence electrons. The van der Waals surface area contributed by atoms with Crippen LogP contribution in [0, 0.1) is 0 Å². The number of carbonyl (C=O) groups excluding carboxylic acids is 1. The van der Waals surface area contributed by atoms with Crippen LogP contribution in [0.3, 0.4) is 0 Å². The van der Waals surface area contributed by atoms with Gasteiger partial charge in [0.15, 0.2) is 11.5 Å². The number of carbonyl (C=O) groups is 1. The Morgan fingerprint density at radius 1 is 1.29 bits per heavy atom. The zero-order chi connectivity index (χ0) is 16.9. The smallest absolute Gasteiger partial charge is 0.322 e. The molecule has 0 bridgehead atoms. The van der Waals surface area contributed by atoms with Gasteiger partial charge < -0.3 is 24.4 Å². The van der Waals surface area contributed by atoms with Crippen molar-refractivity contribution in [3.63, 3.8) is 0 Å². The van der Waals surface area contributed by atoms with E-state index in [0.717, 1.165) is 11.3 Å². The monoisotopic (exact) mass is 329 g/mol. The molecule has 7 heteroatoms. The van der Waals surface area contributed by atoms with Crippen molar-refractivity contribution in [2.24, 2.45) is 0 Å². The van der Waals surface area contributed by atoms with Gasteiger partial charge in [-0.15, -0.1) is 0 Å². The number of urea groups is 1. The maximum atomic E-state index is 12.4. The van der Waals surface area contributed by atoms with Gasteiger partial charge >= 0.3 is 6.03 Å². The number of ether oxygens (including phenoxy) is 3. The van der Waals surface area contributed by atoms with E-state index >= 15 is 0 Å². The number of hydrogen-bond donors (Lipinski definition) is 1. The van der Waals surface area contributed by atoms with Crippen LogP contribution in [-0.4, -0.2) is 36.4 Å². The normalized spacial score (nSPS) is 11.9. The highest BCUT2D eigenvalue weighted by atomic mass is 16.7. The largest absolute Gasteiger partial charge is 0.481 e. The van der Waals surface area contributed by atoms with Gasteiger partial charge in [0.2, 0.25) is 12.7 Å². The molecule has 1 N–H and O–H groups in total.